The maximum Gasteiger partial charge on any atom is 0.191 e. The molecule has 0 radical (unpaired) electrons. The highest BCUT2D eigenvalue weighted by Crippen LogP contribution is 2.10. The lowest BCUT2D eigenvalue weighted by atomic mass is 10.1. The van der Waals surface area contributed by atoms with E-state index in [4.69, 9.17) is 0 Å². The van der Waals surface area contributed by atoms with Crippen LogP contribution in [0.15, 0.2) is 47.7 Å². The van der Waals surface area contributed by atoms with E-state index in [1.807, 2.05) is 24.0 Å². The summed E-state index contributed by atoms with van der Waals surface area (Å²) in [5.41, 5.74) is 2.52. The largest absolute Gasteiger partial charge is 0.357 e. The van der Waals surface area contributed by atoms with Gasteiger partial charge >= 0.3 is 0 Å². The van der Waals surface area contributed by atoms with Gasteiger partial charge in [-0.15, -0.1) is 24.0 Å². The van der Waals surface area contributed by atoms with Gasteiger partial charge in [-0.3, -0.25) is 9.67 Å². The van der Waals surface area contributed by atoms with Crippen LogP contribution < -0.4 is 10.6 Å². The molecule has 2 aromatic rings. The van der Waals surface area contributed by atoms with Gasteiger partial charge in [0.1, 0.15) is 0 Å². The first-order chi connectivity index (χ1) is 11.2. The minimum absolute atomic E-state index is 0. The summed E-state index contributed by atoms with van der Waals surface area (Å²) in [6.45, 7) is 5.89. The number of aliphatic imine (C=N–C) groups is 1. The number of halogens is 1. The lowest BCUT2D eigenvalue weighted by Gasteiger charge is -2.18. The summed E-state index contributed by atoms with van der Waals surface area (Å²) in [7, 11) is 1.94. The summed E-state index contributed by atoms with van der Waals surface area (Å²) in [6, 6.07) is 10.6. The number of aryl methyl sites for hydroxylation is 2. The molecular weight excluding hydrogens is 413 g/mol. The summed E-state index contributed by atoms with van der Waals surface area (Å²) in [5, 5.41) is 11.0. The first-order valence-corrected chi connectivity index (χ1v) is 8.26. The molecule has 1 heterocycles. The van der Waals surface area contributed by atoms with Crippen molar-refractivity contribution in [1.82, 2.24) is 20.4 Å². The van der Waals surface area contributed by atoms with Crippen molar-refractivity contribution < 1.29 is 0 Å². The summed E-state index contributed by atoms with van der Waals surface area (Å²) < 4.78 is 1.84. The third kappa shape index (κ3) is 6.90. The van der Waals surface area contributed by atoms with E-state index in [1.54, 1.807) is 0 Å². The van der Waals surface area contributed by atoms with E-state index in [1.165, 1.54) is 11.1 Å². The van der Waals surface area contributed by atoms with Crippen LogP contribution in [-0.2, 0) is 13.5 Å². The fourth-order valence-electron chi connectivity index (χ4n) is 2.43. The molecule has 1 aromatic carbocycles. The molecule has 0 aliphatic heterocycles. The summed E-state index contributed by atoms with van der Waals surface area (Å²) >= 11 is 0. The molecule has 0 amide bonds. The highest BCUT2D eigenvalue weighted by Gasteiger charge is 2.06. The van der Waals surface area contributed by atoms with Crippen molar-refractivity contribution in [3.05, 3.63) is 53.9 Å². The fraction of sp³-hybridized carbons (Fsp3) is 0.444. The minimum atomic E-state index is 0. The van der Waals surface area contributed by atoms with E-state index in [9.17, 15) is 0 Å². The van der Waals surface area contributed by atoms with E-state index < -0.39 is 0 Å². The highest BCUT2D eigenvalue weighted by molar-refractivity contribution is 14.0. The predicted molar refractivity (Wildman–Crippen MR) is 111 cm³/mol. The Balaban J connectivity index is 0.00000288. The van der Waals surface area contributed by atoms with Gasteiger partial charge in [-0.2, -0.15) is 5.10 Å². The Bertz CT molecular complexity index is 609. The molecule has 1 atom stereocenters. The monoisotopic (exact) mass is 441 g/mol. The van der Waals surface area contributed by atoms with Crippen LogP contribution in [0.5, 0.6) is 0 Å². The Morgan fingerprint density at radius 2 is 2.04 bits per heavy atom. The van der Waals surface area contributed by atoms with Crippen LogP contribution in [0, 0.1) is 0 Å². The maximum atomic E-state index is 4.67. The summed E-state index contributed by atoms with van der Waals surface area (Å²) in [4.78, 5) is 4.67. The first kappa shape index (κ1) is 20.5. The van der Waals surface area contributed by atoms with Crippen LogP contribution >= 0.6 is 24.0 Å². The molecular formula is C18H28IN5. The Kier molecular flexibility index (Phi) is 9.44. The Hall–Kier alpha value is -1.57. The zero-order chi connectivity index (χ0) is 16.5. The third-order valence-corrected chi connectivity index (χ3v) is 3.65. The quantitative estimate of drug-likeness (QED) is 0.300. The van der Waals surface area contributed by atoms with Crippen molar-refractivity contribution in [3.63, 3.8) is 0 Å². The number of hydrogen-bond acceptors (Lipinski definition) is 2. The van der Waals surface area contributed by atoms with Crippen molar-refractivity contribution in [2.45, 2.75) is 32.7 Å². The van der Waals surface area contributed by atoms with Gasteiger partial charge in [-0.25, -0.2) is 0 Å². The van der Waals surface area contributed by atoms with E-state index in [2.05, 4.69) is 65.0 Å². The number of hydrogen-bond donors (Lipinski definition) is 2. The molecule has 1 aromatic heterocycles. The van der Waals surface area contributed by atoms with Crippen LogP contribution in [0.2, 0.25) is 0 Å². The molecule has 1 unspecified atom stereocenters. The Labute approximate surface area is 162 Å². The van der Waals surface area contributed by atoms with Gasteiger partial charge in [-0.1, -0.05) is 30.3 Å². The van der Waals surface area contributed by atoms with Gasteiger partial charge in [0.2, 0.25) is 0 Å². The van der Waals surface area contributed by atoms with Crippen molar-refractivity contribution in [1.29, 1.82) is 0 Å². The number of nitrogens with zero attached hydrogens (tertiary/aromatic N) is 3. The van der Waals surface area contributed by atoms with Gasteiger partial charge in [-0.05, 0) is 37.8 Å². The van der Waals surface area contributed by atoms with Gasteiger partial charge in [0.05, 0.1) is 12.2 Å². The standard InChI is InChI=1S/C18H27N5.HI/c1-4-19-18(22-15(2)17-10-6-5-7-11-17)20-12-8-9-16-13-21-23(3)14-16;/h5-7,10-11,13-15H,4,8-9,12H2,1-3H3,(H2,19,20,22);1H. The lowest BCUT2D eigenvalue weighted by Crippen LogP contribution is -2.38. The fourth-order valence-corrected chi connectivity index (χ4v) is 2.43. The van der Waals surface area contributed by atoms with Crippen molar-refractivity contribution in [2.24, 2.45) is 12.0 Å². The number of nitrogens with one attached hydrogen (secondary N) is 2. The summed E-state index contributed by atoms with van der Waals surface area (Å²) in [6.07, 6.45) is 6.00. The minimum Gasteiger partial charge on any atom is -0.357 e. The van der Waals surface area contributed by atoms with Crippen molar-refractivity contribution in [3.8, 4) is 0 Å². The topological polar surface area (TPSA) is 54.2 Å². The average Bonchev–Trinajstić information content (AvgIpc) is 2.98. The second-order valence-electron chi connectivity index (χ2n) is 5.66. The van der Waals surface area contributed by atoms with Gasteiger partial charge < -0.3 is 10.6 Å². The molecule has 0 saturated carbocycles. The highest BCUT2D eigenvalue weighted by atomic mass is 127. The molecule has 0 saturated heterocycles. The molecule has 0 aliphatic carbocycles. The molecule has 0 fully saturated rings. The average molecular weight is 441 g/mol. The molecule has 5 nitrogen and oxygen atoms in total. The zero-order valence-electron chi connectivity index (χ0n) is 14.7. The van der Waals surface area contributed by atoms with Crippen molar-refractivity contribution in [2.75, 3.05) is 13.1 Å². The molecule has 0 aliphatic rings. The smallest absolute Gasteiger partial charge is 0.191 e. The molecule has 0 spiro atoms. The van der Waals surface area contributed by atoms with Crippen LogP contribution in [0.4, 0.5) is 0 Å². The van der Waals surface area contributed by atoms with E-state index in [0.29, 0.717) is 0 Å². The zero-order valence-corrected chi connectivity index (χ0v) is 17.0. The third-order valence-electron chi connectivity index (χ3n) is 3.65. The molecule has 132 valence electrons. The van der Waals surface area contributed by atoms with Gasteiger partial charge in [0.15, 0.2) is 5.96 Å². The number of guanidine groups is 1. The second-order valence-corrected chi connectivity index (χ2v) is 5.66. The molecule has 0 bridgehead atoms. The molecule has 2 N–H and O–H groups in total. The predicted octanol–water partition coefficient (Wildman–Crippen LogP) is 3.29. The van der Waals surface area contributed by atoms with E-state index in [0.717, 1.165) is 31.9 Å². The van der Waals surface area contributed by atoms with Crippen LogP contribution in [0.3, 0.4) is 0 Å². The van der Waals surface area contributed by atoms with E-state index >= 15 is 0 Å². The Morgan fingerprint density at radius 1 is 1.29 bits per heavy atom. The van der Waals surface area contributed by atoms with Crippen LogP contribution in [0.1, 0.15) is 37.4 Å². The van der Waals surface area contributed by atoms with Crippen LogP contribution in [-0.4, -0.2) is 28.8 Å². The second kappa shape index (κ2) is 11.1. The summed E-state index contributed by atoms with van der Waals surface area (Å²) in [5.74, 6) is 0.870. The number of benzene rings is 1. The lowest BCUT2D eigenvalue weighted by molar-refractivity contribution is 0.683. The normalized spacial score (nSPS) is 12.4. The van der Waals surface area contributed by atoms with Crippen molar-refractivity contribution >= 4 is 29.9 Å². The Morgan fingerprint density at radius 3 is 2.67 bits per heavy atom. The molecule has 6 heteroatoms. The molecule has 2 rings (SSSR count). The van der Waals surface area contributed by atoms with E-state index in [-0.39, 0.29) is 30.0 Å². The number of rotatable bonds is 7. The maximum absolute atomic E-state index is 4.67. The molecule has 24 heavy (non-hydrogen) atoms. The van der Waals surface area contributed by atoms with Gasteiger partial charge in [0, 0.05) is 26.3 Å². The van der Waals surface area contributed by atoms with Gasteiger partial charge in [0.25, 0.3) is 0 Å². The SMILES string of the molecule is CCNC(=NCCCc1cnn(C)c1)NC(C)c1ccccc1.I. The first-order valence-electron chi connectivity index (χ1n) is 8.26. The number of aromatic nitrogens is 2. The van der Waals surface area contributed by atoms with Crippen LogP contribution in [0.25, 0.3) is 0 Å².